The lowest BCUT2D eigenvalue weighted by Gasteiger charge is -2.25. The highest BCUT2D eigenvalue weighted by atomic mass is 16.4. The normalized spacial score (nSPS) is 14.9. The number of aryl methyl sites for hydroxylation is 10. The van der Waals surface area contributed by atoms with Crippen molar-refractivity contribution in [2.75, 3.05) is 74.6 Å². The Kier molecular flexibility index (Phi) is 26.4. The molecule has 0 amide bonds. The van der Waals surface area contributed by atoms with Gasteiger partial charge in [0.15, 0.2) is 45.4 Å². The molecule has 0 spiro atoms. The van der Waals surface area contributed by atoms with Gasteiger partial charge in [0, 0.05) is 177 Å². The number of hydrogen-bond acceptors (Lipinski definition) is 23. The lowest BCUT2D eigenvalue weighted by Crippen LogP contribution is -2.30. The first-order chi connectivity index (χ1) is 69.7. The van der Waals surface area contributed by atoms with Crippen molar-refractivity contribution in [2.24, 2.45) is 0 Å². The second-order valence-corrected chi connectivity index (χ2v) is 33.0. The largest absolute Gasteiger partial charge is 0.435 e. The molecule has 12 aromatic heterocycles. The van der Waals surface area contributed by atoms with Crippen LogP contribution in [0.15, 0.2) is 272 Å². The van der Waals surface area contributed by atoms with E-state index in [1.54, 1.807) is 37.2 Å². The lowest BCUT2D eigenvalue weighted by molar-refractivity contribution is 0.336. The van der Waals surface area contributed by atoms with Crippen LogP contribution in [0, 0.1) is 69.2 Å². The Morgan fingerprint density at radius 2 is 0.577 bits per heavy atom. The van der Waals surface area contributed by atoms with Crippen LogP contribution in [0.4, 0.5) is 63.0 Å². The van der Waals surface area contributed by atoms with Crippen LogP contribution in [0.1, 0.15) is 164 Å². The summed E-state index contributed by atoms with van der Waals surface area (Å²) in [5.74, 6) is 2.61. The summed E-state index contributed by atoms with van der Waals surface area (Å²) < 4.78 is 93.0. The first-order valence-electron chi connectivity index (χ1n) is 51.3. The van der Waals surface area contributed by atoms with E-state index >= 15 is 0 Å². The van der Waals surface area contributed by atoms with E-state index in [-0.39, 0.29) is 13.3 Å². The maximum atomic E-state index is 8.31. The van der Waals surface area contributed by atoms with Crippen LogP contribution in [0.2, 0.25) is 0 Å². The number of furan rings is 5. The third-order valence-corrected chi connectivity index (χ3v) is 23.9. The molecule has 5 aliphatic heterocycles. The zero-order valence-corrected chi connectivity index (χ0v) is 82.8. The van der Waals surface area contributed by atoms with Gasteiger partial charge in [-0.1, -0.05) is 166 Å². The standard InChI is InChI=1S/C25H20N4O.C24H19N5O.2C19H21N3O.C17H17N3O.5C2H6/c1-16-10-12-19-20-13-11-17(2)27-25(20)30-23(19)22(16)29-15-28(18-7-4-3-5-8-18)24-21(29)9-6-14-26-24;1-15-8-10-18-19-11-9-16(2)27-24(19)30-21(18)20(15)29-14-28(17-6-4-3-5-7-17)22-23(29)26-13-12-25-22;2*1-12(2)21-9-10-22(11-21)17-13(3)5-7-15-16-8-6-14(4)20-19(16)23-18(15)17;1-11-4-6-13-14-7-5-12(2)18-17(14)21-16(13)15(11)20-9-8-19(3)10-20;5*1-2/h3-14H,15H2,1-2H3;3-13H,14H2,1-2H3;2*5-10,12H,11H2,1-4H3;4-9H,10H2,1-3H3;5*1-2H3/i;;1D3,12D;12D;3D3;;;;;. The molecule has 0 bridgehead atoms. The van der Waals surface area contributed by atoms with Gasteiger partial charge >= 0.3 is 0 Å². The molecule has 0 fully saturated rings. The molecule has 5 aliphatic rings. The van der Waals surface area contributed by atoms with Crippen LogP contribution >= 0.6 is 0 Å². The number of para-hydroxylation sites is 2. The van der Waals surface area contributed by atoms with Gasteiger partial charge in [0.05, 0.1) is 56.9 Å². The molecule has 704 valence electrons. The van der Waals surface area contributed by atoms with Crippen molar-refractivity contribution in [1.82, 2.24) is 54.6 Å². The molecular weight excluding hydrogens is 1700 g/mol. The summed E-state index contributed by atoms with van der Waals surface area (Å²) in [7, 11) is 0. The summed E-state index contributed by atoms with van der Waals surface area (Å²) in [4.78, 5) is 56.4. The van der Waals surface area contributed by atoms with Gasteiger partial charge in [0.2, 0.25) is 28.6 Å². The fraction of sp³-hybridized carbons (Fsp3) is 0.281. The van der Waals surface area contributed by atoms with Crippen molar-refractivity contribution in [2.45, 2.75) is 178 Å². The molecular formula is C114H128N18O5. The van der Waals surface area contributed by atoms with Gasteiger partial charge < -0.3 is 71.1 Å². The number of nitrogens with zero attached hydrogens (tertiary/aromatic N) is 18. The molecule has 0 saturated heterocycles. The Hall–Kier alpha value is -15.3. The minimum atomic E-state index is -2.42. The van der Waals surface area contributed by atoms with Crippen molar-refractivity contribution in [3.05, 3.63) is 306 Å². The fourth-order valence-corrected chi connectivity index (χ4v) is 17.5. The molecule has 0 N–H and O–H groups in total. The highest BCUT2D eigenvalue weighted by molar-refractivity contribution is 6.14. The number of pyridine rings is 6. The smallest absolute Gasteiger partial charge is 0.227 e. The molecule has 0 radical (unpaired) electrons. The predicted octanol–water partition coefficient (Wildman–Crippen LogP) is 29.9. The molecule has 0 aliphatic carbocycles. The average molecular weight is 1840 g/mol. The molecule has 1 unspecified atom stereocenters. The molecule has 23 heteroatoms. The van der Waals surface area contributed by atoms with E-state index in [2.05, 4.69) is 177 Å². The van der Waals surface area contributed by atoms with Gasteiger partial charge in [-0.05, 0) is 222 Å². The van der Waals surface area contributed by atoms with E-state index in [4.69, 9.17) is 38.0 Å². The van der Waals surface area contributed by atoms with Crippen LogP contribution in [0.3, 0.4) is 0 Å². The molecule has 19 aromatic rings. The SMILES string of the molecule is CC.CC.CC.CC.CC.Cc1ccc2c(n1)oc1c(N3CN(c4ccccc4)c4ncccc43)c(C)ccc12.Cc1ccc2c(n1)oc1c(N3CN(c4ccccc4)c4nccnc43)c(C)ccc12.[2H]C(C)(C)N1C=CN(c2c(C)ccc3c2oc2nc(C)ccc23)C1.[2H]C([2H])([2H])C([2H])(C)N1C=CN(c2c(C)ccc3c2oc2nc(C)ccc23)C1.[2H]C([2H])([2H])N1C=CN(c2c(C)ccc3c2oc2nc(C)ccc23)C1. The van der Waals surface area contributed by atoms with E-state index < -0.39 is 25.9 Å². The lowest BCUT2D eigenvalue weighted by atomic mass is 10.1. The first kappa shape index (κ1) is 85.9. The zero-order valence-electron chi connectivity index (χ0n) is 90.8. The van der Waals surface area contributed by atoms with Crippen molar-refractivity contribution < 1.29 is 33.1 Å². The summed E-state index contributed by atoms with van der Waals surface area (Å²) in [5, 5.41) is 10.2. The monoisotopic (exact) mass is 1840 g/mol. The van der Waals surface area contributed by atoms with Crippen molar-refractivity contribution in [3.63, 3.8) is 0 Å². The summed E-state index contributed by atoms with van der Waals surface area (Å²) >= 11 is 0. The van der Waals surface area contributed by atoms with Gasteiger partial charge in [-0.2, -0.15) is 0 Å². The zero-order chi connectivity index (χ0) is 104. The number of fused-ring (bicyclic) bond motifs is 17. The van der Waals surface area contributed by atoms with Gasteiger partial charge in [0.1, 0.15) is 13.3 Å². The summed E-state index contributed by atoms with van der Waals surface area (Å²) in [6.07, 6.45) is 16.1. The predicted molar refractivity (Wildman–Crippen MR) is 570 cm³/mol. The van der Waals surface area contributed by atoms with Gasteiger partial charge in [-0.25, -0.2) is 39.9 Å². The van der Waals surface area contributed by atoms with E-state index in [1.165, 1.54) is 16.7 Å². The Morgan fingerprint density at radius 3 is 0.927 bits per heavy atom. The second kappa shape index (κ2) is 42.1. The number of anilines is 11. The van der Waals surface area contributed by atoms with E-state index in [1.807, 2.05) is 262 Å². The molecule has 23 nitrogen and oxygen atoms in total. The third kappa shape index (κ3) is 18.9. The Bertz CT molecular complexity index is 7600. The molecule has 1 atom stereocenters. The highest BCUT2D eigenvalue weighted by Gasteiger charge is 2.36. The number of rotatable bonds is 9. The topological polar surface area (TPSA) is 201 Å². The van der Waals surface area contributed by atoms with Crippen LogP contribution in [-0.2, 0) is 0 Å². The number of benzene rings is 7. The second-order valence-electron chi connectivity index (χ2n) is 33.0. The van der Waals surface area contributed by atoms with Crippen LogP contribution in [-0.4, -0.2) is 107 Å². The van der Waals surface area contributed by atoms with Gasteiger partial charge in [0.25, 0.3) is 0 Å². The van der Waals surface area contributed by atoms with E-state index in [0.29, 0.717) is 48.6 Å². The van der Waals surface area contributed by atoms with E-state index in [0.717, 1.165) is 201 Å². The van der Waals surface area contributed by atoms with Gasteiger partial charge in [-0.3, -0.25) is 0 Å². The number of hydrogen-bond donors (Lipinski definition) is 0. The first-order valence-corrected chi connectivity index (χ1v) is 47.3. The van der Waals surface area contributed by atoms with Crippen LogP contribution in [0.25, 0.3) is 110 Å². The highest BCUT2D eigenvalue weighted by Crippen LogP contribution is 2.50. The Morgan fingerprint density at radius 1 is 0.277 bits per heavy atom. The van der Waals surface area contributed by atoms with Gasteiger partial charge in [-0.15, -0.1) is 0 Å². The molecule has 7 aromatic carbocycles. The number of aromatic nitrogens is 8. The minimum Gasteiger partial charge on any atom is -0.435 e. The molecule has 24 rings (SSSR count). The van der Waals surface area contributed by atoms with Crippen molar-refractivity contribution in [1.29, 1.82) is 0 Å². The fourth-order valence-electron chi connectivity index (χ4n) is 17.5. The van der Waals surface area contributed by atoms with Crippen LogP contribution in [0.5, 0.6) is 0 Å². The minimum absolute atomic E-state index is 0.264. The Balaban J connectivity index is 0.000000134. The summed E-state index contributed by atoms with van der Waals surface area (Å²) in [6, 6.07) is 63.5. The molecule has 17 heterocycles. The summed E-state index contributed by atoms with van der Waals surface area (Å²) in [5.41, 5.74) is 25.4. The quantitative estimate of drug-likeness (QED) is 0.132. The molecule has 137 heavy (non-hydrogen) atoms. The van der Waals surface area contributed by atoms with Crippen LogP contribution < -0.4 is 34.3 Å². The van der Waals surface area contributed by atoms with Crippen molar-refractivity contribution >= 4 is 173 Å². The van der Waals surface area contributed by atoms with Crippen molar-refractivity contribution in [3.8, 4) is 0 Å². The Labute approximate surface area is 815 Å². The maximum absolute atomic E-state index is 8.31. The third-order valence-electron chi connectivity index (χ3n) is 23.9. The maximum Gasteiger partial charge on any atom is 0.227 e. The molecule has 0 saturated carbocycles. The average Bonchev–Trinajstić information content (AvgIpc) is 1.58. The summed E-state index contributed by atoms with van der Waals surface area (Å²) in [6.45, 7) is 43.1. The van der Waals surface area contributed by atoms with E-state index in [9.17, 15) is 0 Å².